The Balaban J connectivity index is -0.0000000279. The molecule has 0 radical (unpaired) electrons. The van der Waals surface area contributed by atoms with E-state index in [1.54, 1.807) is 0 Å². The number of rotatable bonds is 1. The van der Waals surface area contributed by atoms with Gasteiger partial charge in [-0.05, 0) is 6.92 Å². The molecule has 0 bridgehead atoms. The van der Waals surface area contributed by atoms with Gasteiger partial charge in [0.2, 0.25) is 0 Å². The first kappa shape index (κ1) is 29.8. The Bertz CT molecular complexity index is 126. The topological polar surface area (TPSA) is 124 Å². The molecule has 0 spiro atoms. The van der Waals surface area contributed by atoms with Crippen LogP contribution >= 0.6 is 0 Å². The third-order valence-electron chi connectivity index (χ3n) is 0.341. The third-order valence-corrected chi connectivity index (χ3v) is 0.341. The molecular weight excluding hydrogens is 292 g/mol. The average molecular weight is 297 g/mol. The third kappa shape index (κ3) is 51.6. The Morgan fingerprint density at radius 3 is 1.38 bits per heavy atom. The van der Waals surface area contributed by atoms with E-state index in [1.807, 2.05) is 0 Å². The quantitative estimate of drug-likeness (QED) is 0.479. The molecule has 60 valence electrons. The molecule has 0 aliphatic heterocycles. The fourth-order valence-corrected chi connectivity index (χ4v) is 0. The first-order valence-corrected chi connectivity index (χ1v) is 5.16. The molecule has 6 nitrogen and oxygen atoms in total. The van der Waals surface area contributed by atoms with Crippen molar-refractivity contribution in [1.29, 1.82) is 0 Å². The summed E-state index contributed by atoms with van der Waals surface area (Å²) in [5.41, 5.74) is 0. The van der Waals surface area contributed by atoms with Gasteiger partial charge in [0.05, 0.1) is 12.1 Å². The van der Waals surface area contributed by atoms with Gasteiger partial charge in [0.1, 0.15) is 0 Å². The van der Waals surface area contributed by atoms with Crippen LogP contribution in [-0.4, -0.2) is 17.2 Å². The number of aliphatic hydroxyl groups excluding tert-OH is 1. The van der Waals surface area contributed by atoms with Crippen LogP contribution in [0.15, 0.2) is 0 Å². The second kappa shape index (κ2) is 20.4. The predicted octanol–water partition coefficient (Wildman–Crippen LogP) is -13.4. The molecular formula is C3H5Na3O6Zr. The van der Waals surface area contributed by atoms with Gasteiger partial charge in [-0.2, -0.15) is 0 Å². The molecule has 0 amide bonds. The molecule has 13 heavy (non-hydrogen) atoms. The number of hydrogen-bond acceptors (Lipinski definition) is 6. The van der Waals surface area contributed by atoms with Gasteiger partial charge in [-0.3, -0.25) is 0 Å². The molecule has 0 saturated heterocycles. The van der Waals surface area contributed by atoms with Crippen LogP contribution in [0.3, 0.4) is 0 Å². The van der Waals surface area contributed by atoms with Crippen LogP contribution in [0, 0.1) is 0 Å². The van der Waals surface area contributed by atoms with Crippen LogP contribution in [-0.2, 0) is 30.2 Å². The molecule has 0 aromatic carbocycles. The molecule has 0 heterocycles. The zero-order valence-electron chi connectivity index (χ0n) is 8.07. The summed E-state index contributed by atoms with van der Waals surface area (Å²) < 4.78 is 25.8. The van der Waals surface area contributed by atoms with Gasteiger partial charge >= 0.3 is 120 Å². The maximum atomic E-state index is 9.34. The second-order valence-corrected chi connectivity index (χ2v) is 2.47. The van der Waals surface area contributed by atoms with Crippen LogP contribution in [0.1, 0.15) is 6.92 Å². The van der Waals surface area contributed by atoms with Crippen LogP contribution in [0.2, 0.25) is 0 Å². The van der Waals surface area contributed by atoms with Gasteiger partial charge in [0.15, 0.2) is 0 Å². The number of hydrogen-bond donors (Lipinski definition) is 1. The van der Waals surface area contributed by atoms with E-state index in [0.29, 0.717) is 0 Å². The summed E-state index contributed by atoms with van der Waals surface area (Å²) in [5, 5.41) is 17.3. The summed E-state index contributed by atoms with van der Waals surface area (Å²) in [4.78, 5) is 9.34. The van der Waals surface area contributed by atoms with Crippen molar-refractivity contribution in [2.45, 2.75) is 13.0 Å². The molecule has 0 aromatic rings. The van der Waals surface area contributed by atoms with Crippen molar-refractivity contribution in [2.24, 2.45) is 0 Å². The number of carboxylic acids is 1. The first-order chi connectivity index (χ1) is 4.37. The fourth-order valence-electron chi connectivity index (χ4n) is 0. The normalized spacial score (nSPS) is 8.31. The molecule has 10 heteroatoms. The SMILES string of the molecule is CC(O)C(=O)[O-].[Na+].[Na+].[Na+].[O]=[Zr]([O-])[O-]. The number of carbonyl (C=O) groups excluding carboxylic acids is 1. The summed E-state index contributed by atoms with van der Waals surface area (Å²) in [6.45, 7) is 1.13. The number of carbonyl (C=O) groups is 1. The van der Waals surface area contributed by atoms with Crippen molar-refractivity contribution in [1.82, 2.24) is 0 Å². The van der Waals surface area contributed by atoms with E-state index in [2.05, 4.69) is 0 Å². The molecule has 0 rings (SSSR count). The average Bonchev–Trinajstić information content (AvgIpc) is 1.63. The van der Waals surface area contributed by atoms with Crippen molar-refractivity contribution in [3.05, 3.63) is 0 Å². The zero-order chi connectivity index (χ0) is 8.73. The Hall–Kier alpha value is 3.03. The maximum absolute atomic E-state index is 9.34. The minimum atomic E-state index is -4.29. The van der Waals surface area contributed by atoms with E-state index in [9.17, 15) is 9.90 Å². The van der Waals surface area contributed by atoms with E-state index < -0.39 is 34.7 Å². The number of aliphatic carboxylic acids is 1. The molecule has 0 saturated carbocycles. The molecule has 0 aromatic heterocycles. The van der Waals surface area contributed by atoms with Gasteiger partial charge in [-0.25, -0.2) is 0 Å². The van der Waals surface area contributed by atoms with Crippen molar-refractivity contribution in [3.8, 4) is 0 Å². The molecule has 1 unspecified atom stereocenters. The monoisotopic (exact) mass is 296 g/mol. The van der Waals surface area contributed by atoms with Crippen molar-refractivity contribution < 1.29 is 135 Å². The summed E-state index contributed by atoms with van der Waals surface area (Å²) in [6, 6.07) is 0. The van der Waals surface area contributed by atoms with Crippen molar-refractivity contribution in [2.75, 3.05) is 0 Å². The van der Waals surface area contributed by atoms with Gasteiger partial charge in [0, 0.05) is 0 Å². The molecule has 0 aliphatic carbocycles. The predicted molar refractivity (Wildman–Crippen MR) is 17.4 cm³/mol. The molecule has 1 N–H and O–H groups in total. The summed E-state index contributed by atoms with van der Waals surface area (Å²) in [6.07, 6.45) is -1.34. The molecule has 0 fully saturated rings. The van der Waals surface area contributed by atoms with E-state index in [1.165, 1.54) is 0 Å². The Labute approximate surface area is 151 Å². The number of aliphatic hydroxyl groups is 1. The Kier molecular flexibility index (Phi) is 46.8. The van der Waals surface area contributed by atoms with Crippen molar-refractivity contribution >= 4 is 5.97 Å². The summed E-state index contributed by atoms with van der Waals surface area (Å²) >= 11 is -4.29. The summed E-state index contributed by atoms with van der Waals surface area (Å²) in [5.74, 6) is -1.44. The molecule has 1 atom stereocenters. The number of carboxylic acid groups (broad SMARTS) is 1. The Morgan fingerprint density at radius 1 is 1.31 bits per heavy atom. The van der Waals surface area contributed by atoms with Gasteiger partial charge in [-0.1, -0.05) is 0 Å². The molecule has 0 aliphatic rings. The van der Waals surface area contributed by atoms with Gasteiger partial charge in [-0.15, -0.1) is 0 Å². The van der Waals surface area contributed by atoms with Gasteiger partial charge < -0.3 is 15.0 Å². The van der Waals surface area contributed by atoms with Crippen LogP contribution in [0.25, 0.3) is 0 Å². The minimum absolute atomic E-state index is 0. The van der Waals surface area contributed by atoms with E-state index in [4.69, 9.17) is 14.3 Å². The van der Waals surface area contributed by atoms with Crippen molar-refractivity contribution in [3.63, 3.8) is 0 Å². The zero-order valence-corrected chi connectivity index (χ0v) is 16.5. The van der Waals surface area contributed by atoms with Gasteiger partial charge in [0.25, 0.3) is 0 Å². The van der Waals surface area contributed by atoms with E-state index in [-0.39, 0.29) is 88.7 Å². The van der Waals surface area contributed by atoms with Crippen LogP contribution in [0.4, 0.5) is 0 Å². The standard InChI is InChI=1S/C3H6O3.3Na.3O.Zr/c1-2(4)3(5)6;;;;;;;/h2,4H,1H3,(H,5,6);;;;;;;/q;3*+1;;2*-1;/p-1. The van der Waals surface area contributed by atoms with Crippen LogP contribution < -0.4 is 100 Å². The Morgan fingerprint density at radius 2 is 1.38 bits per heavy atom. The summed E-state index contributed by atoms with van der Waals surface area (Å²) in [7, 11) is 0. The van der Waals surface area contributed by atoms with E-state index in [0.717, 1.165) is 6.92 Å². The second-order valence-electron chi connectivity index (χ2n) is 1.25. The fraction of sp³-hybridized carbons (Fsp3) is 0.667. The first-order valence-electron chi connectivity index (χ1n) is 2.14. The van der Waals surface area contributed by atoms with Crippen LogP contribution in [0.5, 0.6) is 0 Å². The van der Waals surface area contributed by atoms with E-state index >= 15 is 0 Å².